The van der Waals surface area contributed by atoms with Crippen molar-refractivity contribution in [2.75, 3.05) is 13.2 Å². The highest BCUT2D eigenvalue weighted by Crippen LogP contribution is 2.25. The van der Waals surface area contributed by atoms with E-state index in [4.69, 9.17) is 14.7 Å². The fraction of sp³-hybridized carbons (Fsp3) is 0.526. The van der Waals surface area contributed by atoms with Crippen LogP contribution in [0.1, 0.15) is 43.7 Å². The second-order valence-corrected chi connectivity index (χ2v) is 6.34. The Morgan fingerprint density at radius 3 is 2.88 bits per heavy atom. The number of unbranched alkanes of at least 4 members (excludes halogenated alkanes) is 3. The molecule has 7 heteroatoms. The molecule has 0 fully saturated rings. The SMILES string of the molecule is CCCCCCc1c(C)c2ccc(OCC(O)CN=[N+]=[N-])cc2oc1=O. The zero-order valence-electron chi connectivity index (χ0n) is 15.3. The van der Waals surface area contributed by atoms with E-state index in [9.17, 15) is 9.90 Å². The molecule has 7 nitrogen and oxygen atoms in total. The molecule has 1 aromatic carbocycles. The van der Waals surface area contributed by atoms with E-state index in [1.54, 1.807) is 12.1 Å². The van der Waals surface area contributed by atoms with Gasteiger partial charge in [-0.15, -0.1) is 0 Å². The van der Waals surface area contributed by atoms with Gasteiger partial charge < -0.3 is 14.3 Å². The van der Waals surface area contributed by atoms with Crippen molar-refractivity contribution in [1.29, 1.82) is 0 Å². The minimum Gasteiger partial charge on any atom is -0.491 e. The Morgan fingerprint density at radius 1 is 1.35 bits per heavy atom. The fourth-order valence-corrected chi connectivity index (χ4v) is 2.86. The average molecular weight is 359 g/mol. The summed E-state index contributed by atoms with van der Waals surface area (Å²) in [7, 11) is 0. The molecule has 26 heavy (non-hydrogen) atoms. The molecule has 0 bridgehead atoms. The molecule has 1 N–H and O–H groups in total. The van der Waals surface area contributed by atoms with Gasteiger partial charge in [0.15, 0.2) is 0 Å². The summed E-state index contributed by atoms with van der Waals surface area (Å²) in [5.74, 6) is 0.482. The third kappa shape index (κ3) is 5.25. The van der Waals surface area contributed by atoms with Crippen molar-refractivity contribution in [3.63, 3.8) is 0 Å². The van der Waals surface area contributed by atoms with Gasteiger partial charge in [0.1, 0.15) is 17.9 Å². The van der Waals surface area contributed by atoms with E-state index in [1.165, 1.54) is 6.42 Å². The third-order valence-corrected chi connectivity index (χ3v) is 4.34. The predicted molar refractivity (Wildman–Crippen MR) is 101 cm³/mol. The monoisotopic (exact) mass is 359 g/mol. The number of nitrogens with zero attached hydrogens (tertiary/aromatic N) is 3. The standard InChI is InChI=1S/C19H25N3O4/c1-3-4-5-6-7-17-13(2)16-9-8-15(10-18(16)26-19(17)24)25-12-14(23)11-21-22-20/h8-10,14,23H,3-7,11-12H2,1-2H3. The number of aliphatic hydroxyl groups is 1. The van der Waals surface area contributed by atoms with Gasteiger partial charge in [-0.25, -0.2) is 4.79 Å². The molecule has 1 heterocycles. The van der Waals surface area contributed by atoms with Crippen molar-refractivity contribution in [3.8, 4) is 5.75 Å². The van der Waals surface area contributed by atoms with E-state index in [0.29, 0.717) is 11.3 Å². The Kier molecular flexibility index (Phi) is 7.51. The van der Waals surface area contributed by atoms with Crippen LogP contribution in [0.2, 0.25) is 0 Å². The highest BCUT2D eigenvalue weighted by atomic mass is 16.5. The van der Waals surface area contributed by atoms with Gasteiger partial charge in [-0.3, -0.25) is 0 Å². The van der Waals surface area contributed by atoms with Crippen LogP contribution in [0.15, 0.2) is 32.5 Å². The maximum atomic E-state index is 12.3. The minimum atomic E-state index is -0.888. The lowest BCUT2D eigenvalue weighted by atomic mass is 10.0. The normalized spacial score (nSPS) is 12.0. The molecular formula is C19H25N3O4. The fourth-order valence-electron chi connectivity index (χ4n) is 2.86. The van der Waals surface area contributed by atoms with Crippen LogP contribution in [-0.4, -0.2) is 24.4 Å². The van der Waals surface area contributed by atoms with Crippen LogP contribution in [0.3, 0.4) is 0 Å². The summed E-state index contributed by atoms with van der Waals surface area (Å²) >= 11 is 0. The number of rotatable bonds is 10. The maximum absolute atomic E-state index is 12.3. The van der Waals surface area contributed by atoms with E-state index < -0.39 is 6.10 Å². The maximum Gasteiger partial charge on any atom is 0.339 e. The molecular weight excluding hydrogens is 334 g/mol. The van der Waals surface area contributed by atoms with Crippen molar-refractivity contribution in [3.05, 3.63) is 50.2 Å². The van der Waals surface area contributed by atoms with Crippen molar-refractivity contribution in [2.45, 2.75) is 52.1 Å². The van der Waals surface area contributed by atoms with Crippen LogP contribution >= 0.6 is 0 Å². The summed E-state index contributed by atoms with van der Waals surface area (Å²) in [6.45, 7) is 4.03. The molecule has 140 valence electrons. The molecule has 0 aliphatic carbocycles. The van der Waals surface area contributed by atoms with Crippen LogP contribution < -0.4 is 10.4 Å². The molecule has 0 amide bonds. The van der Waals surface area contributed by atoms with Crippen LogP contribution in [0.4, 0.5) is 0 Å². The van der Waals surface area contributed by atoms with Gasteiger partial charge in [0.25, 0.3) is 0 Å². The summed E-state index contributed by atoms with van der Waals surface area (Å²) in [6, 6.07) is 5.28. The minimum absolute atomic E-state index is 0.0107. The zero-order chi connectivity index (χ0) is 18.9. The molecule has 1 atom stereocenters. The Labute approximate surface area is 152 Å². The van der Waals surface area contributed by atoms with Gasteiger partial charge in [-0.05, 0) is 43.0 Å². The van der Waals surface area contributed by atoms with Crippen molar-refractivity contribution < 1.29 is 14.3 Å². The topological polar surface area (TPSA) is 108 Å². The molecule has 0 radical (unpaired) electrons. The van der Waals surface area contributed by atoms with Crippen LogP contribution in [0.5, 0.6) is 5.75 Å². The van der Waals surface area contributed by atoms with Crippen LogP contribution in [-0.2, 0) is 6.42 Å². The van der Waals surface area contributed by atoms with Gasteiger partial charge >= 0.3 is 5.63 Å². The van der Waals surface area contributed by atoms with Crippen molar-refractivity contribution in [2.24, 2.45) is 5.11 Å². The van der Waals surface area contributed by atoms with Gasteiger partial charge in [0.2, 0.25) is 0 Å². The summed E-state index contributed by atoms with van der Waals surface area (Å²) in [6.07, 6.45) is 4.26. The second-order valence-electron chi connectivity index (χ2n) is 6.34. The Morgan fingerprint density at radius 2 is 2.15 bits per heavy atom. The largest absolute Gasteiger partial charge is 0.491 e. The van der Waals surface area contributed by atoms with Crippen molar-refractivity contribution >= 4 is 11.0 Å². The molecule has 0 aliphatic heterocycles. The Hall–Kier alpha value is -2.50. The van der Waals surface area contributed by atoms with Gasteiger partial charge in [0, 0.05) is 21.9 Å². The van der Waals surface area contributed by atoms with E-state index in [-0.39, 0.29) is 18.8 Å². The van der Waals surface area contributed by atoms with Gasteiger partial charge in [-0.1, -0.05) is 31.3 Å². The first-order valence-electron chi connectivity index (χ1n) is 8.94. The molecule has 1 unspecified atom stereocenters. The summed E-state index contributed by atoms with van der Waals surface area (Å²) < 4.78 is 11.0. The van der Waals surface area contributed by atoms with E-state index in [0.717, 1.165) is 42.2 Å². The lowest BCUT2D eigenvalue weighted by Crippen LogP contribution is -2.20. The smallest absolute Gasteiger partial charge is 0.339 e. The Balaban J connectivity index is 2.14. The van der Waals surface area contributed by atoms with Crippen molar-refractivity contribution in [1.82, 2.24) is 0 Å². The first-order valence-corrected chi connectivity index (χ1v) is 8.94. The number of benzene rings is 1. The quantitative estimate of drug-likeness (QED) is 0.224. The third-order valence-electron chi connectivity index (χ3n) is 4.34. The predicted octanol–water partition coefficient (Wildman–Crippen LogP) is 4.27. The van der Waals surface area contributed by atoms with Crippen LogP contribution in [0.25, 0.3) is 21.4 Å². The molecule has 2 aromatic rings. The number of hydrogen-bond donors (Lipinski definition) is 1. The lowest BCUT2D eigenvalue weighted by molar-refractivity contribution is 0.114. The first-order chi connectivity index (χ1) is 12.6. The number of hydrogen-bond acceptors (Lipinski definition) is 5. The molecule has 0 saturated heterocycles. The zero-order valence-corrected chi connectivity index (χ0v) is 15.3. The lowest BCUT2D eigenvalue weighted by Gasteiger charge is -2.12. The number of ether oxygens (including phenoxy) is 1. The van der Waals surface area contributed by atoms with E-state index in [2.05, 4.69) is 16.9 Å². The second kappa shape index (κ2) is 9.85. The summed E-state index contributed by atoms with van der Waals surface area (Å²) in [5, 5.41) is 13.8. The van der Waals surface area contributed by atoms with E-state index >= 15 is 0 Å². The van der Waals surface area contributed by atoms with E-state index in [1.807, 2.05) is 13.0 Å². The highest BCUT2D eigenvalue weighted by Gasteiger charge is 2.12. The summed E-state index contributed by atoms with van der Waals surface area (Å²) in [5.41, 5.74) is 10.1. The number of azide groups is 1. The molecule has 0 aliphatic rings. The molecule has 2 rings (SSSR count). The molecule has 1 aromatic heterocycles. The number of fused-ring (bicyclic) bond motifs is 1. The van der Waals surface area contributed by atoms with Gasteiger partial charge in [-0.2, -0.15) is 0 Å². The number of aryl methyl sites for hydroxylation is 1. The van der Waals surface area contributed by atoms with Gasteiger partial charge in [0.05, 0.1) is 12.6 Å². The first kappa shape index (κ1) is 19.8. The highest BCUT2D eigenvalue weighted by molar-refractivity contribution is 5.82. The number of aliphatic hydroxyl groups excluding tert-OH is 1. The van der Waals surface area contributed by atoms with Crippen LogP contribution in [0, 0.1) is 6.92 Å². The molecule has 0 spiro atoms. The average Bonchev–Trinajstić information content (AvgIpc) is 2.63. The molecule has 0 saturated carbocycles. The summed E-state index contributed by atoms with van der Waals surface area (Å²) in [4.78, 5) is 14.9. The Bertz CT molecular complexity index is 841.